The first kappa shape index (κ1) is 12.7. The molecule has 0 aromatic carbocycles. The number of aromatic carboxylic acids is 1. The van der Waals surface area contributed by atoms with Gasteiger partial charge in [-0.1, -0.05) is 11.3 Å². The van der Waals surface area contributed by atoms with E-state index < -0.39 is 5.97 Å². The molecule has 0 aliphatic carbocycles. The van der Waals surface area contributed by atoms with E-state index in [1.54, 1.807) is 0 Å². The Kier molecular flexibility index (Phi) is 3.72. The van der Waals surface area contributed by atoms with E-state index >= 15 is 0 Å². The van der Waals surface area contributed by atoms with Gasteiger partial charge in [-0.05, 0) is 11.8 Å². The summed E-state index contributed by atoms with van der Waals surface area (Å²) >= 11 is 2.51. The molecular weight excluding hydrogens is 274 g/mol. The van der Waals surface area contributed by atoms with Crippen LogP contribution in [0.15, 0.2) is 21.8 Å². The van der Waals surface area contributed by atoms with E-state index in [9.17, 15) is 4.79 Å². The molecule has 1 N–H and O–H groups in total. The zero-order valence-corrected chi connectivity index (χ0v) is 11.2. The topological polar surface area (TPSA) is 92.1 Å². The van der Waals surface area contributed by atoms with Crippen molar-refractivity contribution >= 4 is 34.2 Å². The predicted molar refractivity (Wildman–Crippen MR) is 67.4 cm³/mol. The first-order valence-corrected chi connectivity index (χ1v) is 6.44. The second kappa shape index (κ2) is 5.27. The van der Waals surface area contributed by atoms with Gasteiger partial charge in [0.05, 0.1) is 0 Å². The molecule has 0 atom stereocenters. The number of carboxylic acid groups (broad SMARTS) is 1. The number of carbonyl (C=O) groups is 1. The highest BCUT2D eigenvalue weighted by atomic mass is 32.2. The summed E-state index contributed by atoms with van der Waals surface area (Å²) in [5.74, 6) is -1.11. The Morgan fingerprint density at radius 3 is 2.67 bits per heavy atom. The maximum Gasteiger partial charge on any atom is 0.357 e. The van der Waals surface area contributed by atoms with Crippen LogP contribution >= 0.6 is 23.1 Å². The van der Waals surface area contributed by atoms with Gasteiger partial charge in [0, 0.05) is 26.5 Å². The van der Waals surface area contributed by atoms with Gasteiger partial charge in [-0.15, -0.1) is 10.2 Å². The lowest BCUT2D eigenvalue weighted by atomic mass is 10.5. The Bertz CT molecular complexity index is 572. The minimum Gasteiger partial charge on any atom is -0.476 e. The van der Waals surface area contributed by atoms with Gasteiger partial charge in [0.25, 0.3) is 0 Å². The average Bonchev–Trinajstić information content (AvgIpc) is 2.78. The fourth-order valence-corrected chi connectivity index (χ4v) is 2.78. The average molecular weight is 283 g/mol. The molecule has 0 spiro atoms. The van der Waals surface area contributed by atoms with Crippen LogP contribution in [-0.2, 0) is 0 Å². The number of nitrogens with zero attached hydrogens (tertiary/aromatic N) is 5. The minimum atomic E-state index is -1.11. The SMILES string of the molecule is CN(C)c1nnc(Sc2nccnc2C(=O)O)s1. The number of hydrogen-bond donors (Lipinski definition) is 1. The van der Waals surface area contributed by atoms with E-state index in [4.69, 9.17) is 5.11 Å². The van der Waals surface area contributed by atoms with Crippen molar-refractivity contribution in [1.29, 1.82) is 0 Å². The molecule has 7 nitrogen and oxygen atoms in total. The summed E-state index contributed by atoms with van der Waals surface area (Å²) in [6, 6.07) is 0. The Labute approximate surface area is 111 Å². The van der Waals surface area contributed by atoms with Gasteiger partial charge in [-0.2, -0.15) is 0 Å². The molecule has 2 rings (SSSR count). The summed E-state index contributed by atoms with van der Waals surface area (Å²) < 4.78 is 0.627. The number of anilines is 1. The highest BCUT2D eigenvalue weighted by Crippen LogP contribution is 2.32. The lowest BCUT2D eigenvalue weighted by molar-refractivity contribution is 0.0685. The molecule has 9 heteroatoms. The second-order valence-corrected chi connectivity index (χ2v) is 5.55. The molecule has 0 aliphatic heterocycles. The summed E-state index contributed by atoms with van der Waals surface area (Å²) in [6.45, 7) is 0. The Balaban J connectivity index is 2.25. The molecule has 0 amide bonds. The van der Waals surface area contributed by atoms with Gasteiger partial charge in [0.2, 0.25) is 5.13 Å². The van der Waals surface area contributed by atoms with Gasteiger partial charge in [0.1, 0.15) is 5.03 Å². The van der Waals surface area contributed by atoms with Gasteiger partial charge in [0.15, 0.2) is 10.0 Å². The zero-order chi connectivity index (χ0) is 13.1. The number of aromatic nitrogens is 4. The molecule has 0 aliphatic rings. The van der Waals surface area contributed by atoms with Crippen molar-refractivity contribution in [1.82, 2.24) is 20.2 Å². The summed E-state index contributed by atoms with van der Waals surface area (Å²) in [6.07, 6.45) is 2.79. The largest absolute Gasteiger partial charge is 0.476 e. The number of rotatable bonds is 4. The fraction of sp³-hybridized carbons (Fsp3) is 0.222. The molecule has 2 aromatic rings. The summed E-state index contributed by atoms with van der Waals surface area (Å²) in [5.41, 5.74) is -0.0795. The molecule has 18 heavy (non-hydrogen) atoms. The van der Waals surface area contributed by atoms with E-state index in [1.807, 2.05) is 19.0 Å². The van der Waals surface area contributed by atoms with Crippen LogP contribution < -0.4 is 4.90 Å². The van der Waals surface area contributed by atoms with Crippen LogP contribution in [-0.4, -0.2) is 45.3 Å². The third-order valence-electron chi connectivity index (χ3n) is 1.83. The molecule has 0 unspecified atom stereocenters. The molecule has 2 aromatic heterocycles. The molecule has 0 saturated heterocycles. The van der Waals surface area contributed by atoms with Crippen molar-refractivity contribution in [2.45, 2.75) is 9.37 Å². The first-order valence-electron chi connectivity index (χ1n) is 4.81. The monoisotopic (exact) mass is 283 g/mol. The standard InChI is InChI=1S/C9H9N5O2S2/c1-14(2)8-12-13-9(18-8)17-6-5(7(15)16)10-3-4-11-6/h3-4H,1-2H3,(H,15,16). The molecule has 2 heterocycles. The first-order chi connectivity index (χ1) is 8.58. The number of carboxylic acids is 1. The summed E-state index contributed by atoms with van der Waals surface area (Å²) in [7, 11) is 3.72. The Hall–Kier alpha value is -1.74. The van der Waals surface area contributed by atoms with Crippen LogP contribution in [0.2, 0.25) is 0 Å². The molecule has 0 fully saturated rings. The normalized spacial score (nSPS) is 10.3. The van der Waals surface area contributed by atoms with Crippen molar-refractivity contribution in [3.8, 4) is 0 Å². The van der Waals surface area contributed by atoms with E-state index in [2.05, 4.69) is 20.2 Å². The van der Waals surface area contributed by atoms with Crippen LogP contribution in [0.5, 0.6) is 0 Å². The van der Waals surface area contributed by atoms with E-state index in [-0.39, 0.29) is 5.69 Å². The van der Waals surface area contributed by atoms with Crippen molar-refractivity contribution in [2.75, 3.05) is 19.0 Å². The second-order valence-electron chi connectivity index (χ2n) is 3.36. The Morgan fingerprint density at radius 2 is 2.06 bits per heavy atom. The molecule has 94 valence electrons. The molecular formula is C9H9N5O2S2. The summed E-state index contributed by atoms with van der Waals surface area (Å²) in [4.78, 5) is 20.6. The number of hydrogen-bond acceptors (Lipinski definition) is 8. The van der Waals surface area contributed by atoms with Crippen molar-refractivity contribution in [3.05, 3.63) is 18.1 Å². The highest BCUT2D eigenvalue weighted by molar-refractivity contribution is 8.01. The third-order valence-corrected chi connectivity index (χ3v) is 3.96. The predicted octanol–water partition coefficient (Wildman–Crippen LogP) is 1.24. The van der Waals surface area contributed by atoms with Gasteiger partial charge >= 0.3 is 5.97 Å². The maximum atomic E-state index is 11.0. The van der Waals surface area contributed by atoms with E-state index in [1.165, 1.54) is 23.7 Å². The zero-order valence-electron chi connectivity index (χ0n) is 9.56. The van der Waals surface area contributed by atoms with Gasteiger partial charge in [-0.3, -0.25) is 0 Å². The van der Waals surface area contributed by atoms with Crippen LogP contribution in [0, 0.1) is 0 Å². The lowest BCUT2D eigenvalue weighted by Crippen LogP contribution is -2.07. The Morgan fingerprint density at radius 1 is 1.33 bits per heavy atom. The van der Waals surface area contributed by atoms with Crippen LogP contribution in [0.1, 0.15) is 10.5 Å². The fourth-order valence-electron chi connectivity index (χ4n) is 1.05. The van der Waals surface area contributed by atoms with Crippen molar-refractivity contribution < 1.29 is 9.90 Å². The molecule has 0 bridgehead atoms. The molecule has 0 radical (unpaired) electrons. The van der Waals surface area contributed by atoms with E-state index in [0.717, 1.165) is 16.9 Å². The van der Waals surface area contributed by atoms with E-state index in [0.29, 0.717) is 9.37 Å². The maximum absolute atomic E-state index is 11.0. The lowest BCUT2D eigenvalue weighted by Gasteiger charge is -2.03. The van der Waals surface area contributed by atoms with Gasteiger partial charge in [-0.25, -0.2) is 14.8 Å². The van der Waals surface area contributed by atoms with Crippen molar-refractivity contribution in [2.24, 2.45) is 0 Å². The van der Waals surface area contributed by atoms with Crippen LogP contribution in [0.3, 0.4) is 0 Å². The minimum absolute atomic E-state index is 0.0795. The highest BCUT2D eigenvalue weighted by Gasteiger charge is 2.16. The van der Waals surface area contributed by atoms with Crippen molar-refractivity contribution in [3.63, 3.8) is 0 Å². The smallest absolute Gasteiger partial charge is 0.357 e. The molecule has 0 saturated carbocycles. The third kappa shape index (κ3) is 2.74. The summed E-state index contributed by atoms with van der Waals surface area (Å²) in [5, 5.41) is 18.0. The van der Waals surface area contributed by atoms with Crippen LogP contribution in [0.4, 0.5) is 5.13 Å². The quantitative estimate of drug-likeness (QED) is 0.896. The van der Waals surface area contributed by atoms with Gasteiger partial charge < -0.3 is 10.0 Å². The van der Waals surface area contributed by atoms with Crippen LogP contribution in [0.25, 0.3) is 0 Å².